The topological polar surface area (TPSA) is 66.4 Å². The highest BCUT2D eigenvalue weighted by Crippen LogP contribution is 2.13. The van der Waals surface area contributed by atoms with Crippen LogP contribution in [0, 0.1) is 0 Å². The van der Waals surface area contributed by atoms with E-state index in [1.54, 1.807) is 12.1 Å². The number of rotatable bonds is 5. The summed E-state index contributed by atoms with van der Waals surface area (Å²) in [6.07, 6.45) is 0. The van der Waals surface area contributed by atoms with Crippen LogP contribution in [-0.4, -0.2) is 13.5 Å². The Labute approximate surface area is 110 Å². The molecule has 0 spiro atoms. The largest absolute Gasteiger partial charge is 0.392 e. The van der Waals surface area contributed by atoms with E-state index >= 15 is 0 Å². The second kappa shape index (κ2) is 5.62. The summed E-state index contributed by atoms with van der Waals surface area (Å²) >= 11 is 1.50. The van der Waals surface area contributed by atoms with E-state index in [4.69, 9.17) is 5.11 Å². The van der Waals surface area contributed by atoms with Gasteiger partial charge in [-0.3, -0.25) is 0 Å². The molecule has 0 bridgehead atoms. The maximum absolute atomic E-state index is 12.0. The third-order valence-electron chi connectivity index (χ3n) is 2.43. The molecule has 6 heteroatoms. The van der Waals surface area contributed by atoms with Crippen molar-refractivity contribution in [3.8, 4) is 0 Å². The first-order valence-electron chi connectivity index (χ1n) is 5.34. The van der Waals surface area contributed by atoms with Gasteiger partial charge in [-0.2, -0.15) is 0 Å². The van der Waals surface area contributed by atoms with Crippen molar-refractivity contribution in [3.63, 3.8) is 0 Å². The fourth-order valence-electron chi connectivity index (χ4n) is 1.44. The van der Waals surface area contributed by atoms with Crippen LogP contribution >= 0.6 is 11.3 Å². The molecule has 2 rings (SSSR count). The Morgan fingerprint density at radius 1 is 1.17 bits per heavy atom. The lowest BCUT2D eigenvalue weighted by Crippen LogP contribution is -2.22. The quantitative estimate of drug-likeness (QED) is 0.878. The molecule has 0 aliphatic rings. The summed E-state index contributed by atoms with van der Waals surface area (Å²) in [7, 11) is -3.49. The zero-order chi connectivity index (χ0) is 13.0. The lowest BCUT2D eigenvalue weighted by Gasteiger charge is -2.06. The fraction of sp³-hybridized carbons (Fsp3) is 0.167. The second-order valence-corrected chi connectivity index (χ2v) is 6.51. The molecule has 0 saturated carbocycles. The third-order valence-corrected chi connectivity index (χ3v) is 4.73. The Balaban J connectivity index is 2.09. The summed E-state index contributed by atoms with van der Waals surface area (Å²) in [5, 5.41) is 10.8. The Kier molecular flexibility index (Phi) is 4.13. The molecular weight excluding hydrogens is 270 g/mol. The highest BCUT2D eigenvalue weighted by atomic mass is 32.2. The smallest absolute Gasteiger partial charge is 0.240 e. The second-order valence-electron chi connectivity index (χ2n) is 3.71. The molecule has 2 N–H and O–H groups in total. The minimum absolute atomic E-state index is 0.0943. The molecule has 1 aromatic carbocycles. The standard InChI is InChI=1S/C12H13NO3S2/c14-9-10-3-5-12(6-4-10)18(15,16)13-8-11-2-1-7-17-11/h1-7,13-14H,8-9H2. The number of hydrogen-bond acceptors (Lipinski definition) is 4. The highest BCUT2D eigenvalue weighted by Gasteiger charge is 2.13. The van der Waals surface area contributed by atoms with Crippen LogP contribution in [0.5, 0.6) is 0 Å². The number of benzene rings is 1. The van der Waals surface area contributed by atoms with Crippen LogP contribution in [0.2, 0.25) is 0 Å². The molecule has 1 heterocycles. The van der Waals surface area contributed by atoms with Gasteiger partial charge in [0.15, 0.2) is 0 Å². The summed E-state index contributed by atoms with van der Waals surface area (Å²) < 4.78 is 26.5. The van der Waals surface area contributed by atoms with Gasteiger partial charge in [0.2, 0.25) is 10.0 Å². The fourth-order valence-corrected chi connectivity index (χ4v) is 3.18. The van der Waals surface area contributed by atoms with Gasteiger partial charge in [0.05, 0.1) is 11.5 Å². The molecule has 0 fully saturated rings. The van der Waals surface area contributed by atoms with Crippen molar-refractivity contribution in [1.29, 1.82) is 0 Å². The van der Waals surface area contributed by atoms with Gasteiger partial charge in [-0.1, -0.05) is 18.2 Å². The van der Waals surface area contributed by atoms with E-state index in [1.807, 2.05) is 17.5 Å². The first-order chi connectivity index (χ1) is 8.62. The molecule has 2 aromatic rings. The Morgan fingerprint density at radius 3 is 2.44 bits per heavy atom. The third kappa shape index (κ3) is 3.17. The molecule has 0 unspecified atom stereocenters. The van der Waals surface area contributed by atoms with E-state index in [2.05, 4.69) is 4.72 Å². The molecule has 0 aliphatic heterocycles. The average Bonchev–Trinajstić information content (AvgIpc) is 2.90. The Bertz CT molecular complexity index is 589. The zero-order valence-electron chi connectivity index (χ0n) is 9.54. The minimum Gasteiger partial charge on any atom is -0.392 e. The van der Waals surface area contributed by atoms with E-state index in [1.165, 1.54) is 23.5 Å². The van der Waals surface area contributed by atoms with Crippen LogP contribution in [0.25, 0.3) is 0 Å². The van der Waals surface area contributed by atoms with Gasteiger partial charge in [0.1, 0.15) is 0 Å². The summed E-state index contributed by atoms with van der Waals surface area (Å²) in [5.41, 5.74) is 0.687. The minimum atomic E-state index is -3.49. The summed E-state index contributed by atoms with van der Waals surface area (Å²) in [6.45, 7) is 0.199. The van der Waals surface area contributed by atoms with E-state index in [-0.39, 0.29) is 11.5 Å². The van der Waals surface area contributed by atoms with E-state index < -0.39 is 10.0 Å². The van der Waals surface area contributed by atoms with Gasteiger partial charge in [-0.05, 0) is 29.1 Å². The Hall–Kier alpha value is -1.21. The van der Waals surface area contributed by atoms with Crippen LogP contribution < -0.4 is 4.72 Å². The van der Waals surface area contributed by atoms with Gasteiger partial charge in [0, 0.05) is 11.4 Å². The maximum atomic E-state index is 12.0. The van der Waals surface area contributed by atoms with E-state index in [9.17, 15) is 8.42 Å². The SMILES string of the molecule is O=S(=O)(NCc1cccs1)c1ccc(CO)cc1. The number of thiophene rings is 1. The predicted molar refractivity (Wildman–Crippen MR) is 70.7 cm³/mol. The monoisotopic (exact) mass is 283 g/mol. The van der Waals surface area contributed by atoms with Crippen molar-refractivity contribution in [1.82, 2.24) is 4.72 Å². The summed E-state index contributed by atoms with van der Waals surface area (Å²) in [6, 6.07) is 9.93. The van der Waals surface area contributed by atoms with Gasteiger partial charge >= 0.3 is 0 Å². The average molecular weight is 283 g/mol. The number of aliphatic hydroxyl groups is 1. The van der Waals surface area contributed by atoms with Crippen molar-refractivity contribution in [3.05, 3.63) is 52.2 Å². The summed E-state index contributed by atoms with van der Waals surface area (Å²) in [5.74, 6) is 0. The van der Waals surface area contributed by atoms with Crippen molar-refractivity contribution in [2.45, 2.75) is 18.0 Å². The van der Waals surface area contributed by atoms with Crippen molar-refractivity contribution < 1.29 is 13.5 Å². The summed E-state index contributed by atoms with van der Waals surface area (Å²) in [4.78, 5) is 1.17. The lowest BCUT2D eigenvalue weighted by molar-refractivity contribution is 0.282. The van der Waals surface area contributed by atoms with Gasteiger partial charge in [0.25, 0.3) is 0 Å². The molecule has 0 aliphatic carbocycles. The van der Waals surface area contributed by atoms with Gasteiger partial charge in [-0.25, -0.2) is 13.1 Å². The van der Waals surface area contributed by atoms with Crippen LogP contribution in [0.4, 0.5) is 0 Å². The molecule has 0 radical (unpaired) electrons. The molecule has 0 atom stereocenters. The first-order valence-corrected chi connectivity index (χ1v) is 7.70. The van der Waals surface area contributed by atoms with Crippen LogP contribution in [-0.2, 0) is 23.2 Å². The zero-order valence-corrected chi connectivity index (χ0v) is 11.2. The number of sulfonamides is 1. The first kappa shape index (κ1) is 13.2. The highest BCUT2D eigenvalue weighted by molar-refractivity contribution is 7.89. The Morgan fingerprint density at radius 2 is 1.89 bits per heavy atom. The van der Waals surface area contributed by atoms with E-state index in [0.29, 0.717) is 12.1 Å². The molecule has 18 heavy (non-hydrogen) atoms. The van der Waals surface area contributed by atoms with Crippen molar-refractivity contribution >= 4 is 21.4 Å². The molecular formula is C12H13NO3S2. The molecule has 0 saturated heterocycles. The normalized spacial score (nSPS) is 11.6. The lowest BCUT2D eigenvalue weighted by atomic mass is 10.2. The van der Waals surface area contributed by atoms with Crippen LogP contribution in [0.15, 0.2) is 46.7 Å². The molecule has 96 valence electrons. The van der Waals surface area contributed by atoms with Crippen molar-refractivity contribution in [2.24, 2.45) is 0 Å². The molecule has 4 nitrogen and oxygen atoms in total. The molecule has 1 aromatic heterocycles. The predicted octanol–water partition coefficient (Wildman–Crippen LogP) is 1.72. The number of hydrogen-bond donors (Lipinski definition) is 2. The number of aliphatic hydroxyl groups excluding tert-OH is 1. The van der Waals surface area contributed by atoms with Gasteiger partial charge in [-0.15, -0.1) is 11.3 Å². The van der Waals surface area contributed by atoms with Crippen LogP contribution in [0.3, 0.4) is 0 Å². The number of nitrogens with one attached hydrogen (secondary N) is 1. The van der Waals surface area contributed by atoms with Crippen LogP contribution in [0.1, 0.15) is 10.4 Å². The van der Waals surface area contributed by atoms with Crippen molar-refractivity contribution in [2.75, 3.05) is 0 Å². The molecule has 0 amide bonds. The van der Waals surface area contributed by atoms with E-state index in [0.717, 1.165) is 4.88 Å². The maximum Gasteiger partial charge on any atom is 0.240 e. The van der Waals surface area contributed by atoms with Gasteiger partial charge < -0.3 is 5.11 Å².